The Morgan fingerprint density at radius 1 is 1.18 bits per heavy atom. The summed E-state index contributed by atoms with van der Waals surface area (Å²) in [5.74, 6) is 0.125. The second-order valence-electron chi connectivity index (χ2n) is 3.62. The van der Waals surface area contributed by atoms with Crippen molar-refractivity contribution in [1.29, 1.82) is 0 Å². The maximum absolute atomic E-state index is 11.9. The van der Waals surface area contributed by atoms with E-state index in [1.165, 1.54) is 4.90 Å². The van der Waals surface area contributed by atoms with Crippen LogP contribution in [0.15, 0.2) is 24.3 Å². The number of carbonyl (C=O) groups is 2. The van der Waals surface area contributed by atoms with Crippen LogP contribution in [0.4, 0.5) is 0 Å². The molecule has 0 aromatic heterocycles. The number of hydrogen-bond acceptors (Lipinski definition) is 4. The number of fused-ring (bicyclic) bond motifs is 1. The minimum absolute atomic E-state index is 0.224. The van der Waals surface area contributed by atoms with Crippen LogP contribution in [-0.4, -0.2) is 42.1 Å². The Labute approximate surface area is 104 Å². The smallest absolute Gasteiger partial charge is 0.261 e. The van der Waals surface area contributed by atoms with Crippen LogP contribution in [0, 0.1) is 0 Å². The Morgan fingerprint density at radius 2 is 1.76 bits per heavy atom. The fourth-order valence-electron chi connectivity index (χ4n) is 1.74. The number of nitrogens with zero attached hydrogens (tertiary/aromatic N) is 1. The Balaban J connectivity index is 2.03. The molecule has 17 heavy (non-hydrogen) atoms. The Hall–Kier alpha value is -1.33. The van der Waals surface area contributed by atoms with E-state index in [9.17, 15) is 9.59 Å². The lowest BCUT2D eigenvalue weighted by Crippen LogP contribution is -2.33. The van der Waals surface area contributed by atoms with Crippen molar-refractivity contribution in [3.63, 3.8) is 0 Å². The molecule has 2 amide bonds. The molecule has 0 saturated heterocycles. The average Bonchev–Trinajstić information content (AvgIpc) is 2.60. The van der Waals surface area contributed by atoms with Crippen molar-refractivity contribution in [3.05, 3.63) is 35.4 Å². The van der Waals surface area contributed by atoms with Gasteiger partial charge in [0.25, 0.3) is 11.8 Å². The maximum atomic E-state index is 11.9. The van der Waals surface area contributed by atoms with Crippen molar-refractivity contribution in [2.24, 2.45) is 0 Å². The molecular weight excluding hydrogens is 238 g/mol. The van der Waals surface area contributed by atoms with Crippen molar-refractivity contribution in [2.45, 2.75) is 0 Å². The van der Waals surface area contributed by atoms with Gasteiger partial charge in [-0.05, 0) is 18.4 Å². The van der Waals surface area contributed by atoms with E-state index in [0.717, 1.165) is 0 Å². The molecule has 0 radical (unpaired) electrons. The summed E-state index contributed by atoms with van der Waals surface area (Å²) >= 11 is 1.56. The van der Waals surface area contributed by atoms with Crippen LogP contribution in [-0.2, 0) is 4.74 Å². The first kappa shape index (κ1) is 12.1. The zero-order chi connectivity index (χ0) is 12.3. The average molecular weight is 251 g/mol. The maximum Gasteiger partial charge on any atom is 0.261 e. The van der Waals surface area contributed by atoms with Gasteiger partial charge in [0.15, 0.2) is 0 Å². The van der Waals surface area contributed by atoms with Crippen molar-refractivity contribution >= 4 is 23.6 Å². The van der Waals surface area contributed by atoms with Crippen LogP contribution >= 0.6 is 11.8 Å². The lowest BCUT2D eigenvalue weighted by atomic mass is 10.1. The molecule has 5 heteroatoms. The van der Waals surface area contributed by atoms with Crippen LogP contribution in [0.2, 0.25) is 0 Å². The topological polar surface area (TPSA) is 46.6 Å². The van der Waals surface area contributed by atoms with Gasteiger partial charge in [-0.15, -0.1) is 11.8 Å². The van der Waals surface area contributed by atoms with E-state index in [1.807, 2.05) is 6.26 Å². The quantitative estimate of drug-likeness (QED) is 0.453. The normalized spacial score (nSPS) is 14.3. The second-order valence-corrected chi connectivity index (χ2v) is 4.44. The summed E-state index contributed by atoms with van der Waals surface area (Å²) in [6.45, 7) is 0.694. The van der Waals surface area contributed by atoms with E-state index < -0.39 is 0 Å². The summed E-state index contributed by atoms with van der Waals surface area (Å²) in [4.78, 5) is 25.1. The molecular formula is C12H13NO3S. The molecule has 1 aromatic carbocycles. The summed E-state index contributed by atoms with van der Waals surface area (Å²) in [5, 5.41) is 0. The molecule has 0 spiro atoms. The number of thioether (sulfide) groups is 1. The standard InChI is InChI=1S/C12H13NO3S/c1-17-8-16-7-6-13-11(14)9-4-2-3-5-10(9)12(13)15/h2-5H,6-8H2,1H3. The highest BCUT2D eigenvalue weighted by Gasteiger charge is 2.34. The Morgan fingerprint density at radius 3 is 2.29 bits per heavy atom. The Bertz CT molecular complexity index is 412. The van der Waals surface area contributed by atoms with Crippen LogP contribution in [0.3, 0.4) is 0 Å². The molecule has 0 unspecified atom stereocenters. The number of ether oxygens (including phenoxy) is 1. The fraction of sp³-hybridized carbons (Fsp3) is 0.333. The van der Waals surface area contributed by atoms with E-state index in [2.05, 4.69) is 0 Å². The monoisotopic (exact) mass is 251 g/mol. The van der Waals surface area contributed by atoms with Gasteiger partial charge in [-0.2, -0.15) is 0 Å². The van der Waals surface area contributed by atoms with Gasteiger partial charge >= 0.3 is 0 Å². The number of amides is 2. The molecule has 1 heterocycles. The summed E-state index contributed by atoms with van der Waals surface area (Å²) in [6, 6.07) is 6.88. The first-order valence-electron chi connectivity index (χ1n) is 5.27. The fourth-order valence-corrected chi connectivity index (χ4v) is 2.02. The van der Waals surface area contributed by atoms with Crippen LogP contribution in [0.1, 0.15) is 20.7 Å². The zero-order valence-corrected chi connectivity index (χ0v) is 10.3. The van der Waals surface area contributed by atoms with Crippen molar-refractivity contribution in [3.8, 4) is 0 Å². The molecule has 0 bridgehead atoms. The molecule has 1 aliphatic heterocycles. The molecule has 4 nitrogen and oxygen atoms in total. The van der Waals surface area contributed by atoms with Crippen LogP contribution < -0.4 is 0 Å². The molecule has 90 valence electrons. The van der Waals surface area contributed by atoms with Crippen molar-refractivity contribution < 1.29 is 14.3 Å². The lowest BCUT2D eigenvalue weighted by Gasteiger charge is -2.13. The third kappa shape index (κ3) is 2.35. The van der Waals surface area contributed by atoms with Crippen molar-refractivity contribution in [2.75, 3.05) is 25.3 Å². The van der Waals surface area contributed by atoms with Crippen LogP contribution in [0.5, 0.6) is 0 Å². The SMILES string of the molecule is CSCOCCN1C(=O)c2ccccc2C1=O. The predicted octanol–water partition coefficient (Wildman–Crippen LogP) is 1.62. The third-order valence-corrected chi connectivity index (χ3v) is 2.94. The third-order valence-electron chi connectivity index (χ3n) is 2.54. The molecule has 2 rings (SSSR count). The van der Waals surface area contributed by atoms with Gasteiger partial charge in [0.1, 0.15) is 0 Å². The van der Waals surface area contributed by atoms with Gasteiger partial charge in [-0.3, -0.25) is 14.5 Å². The number of carbonyl (C=O) groups excluding carboxylic acids is 2. The number of rotatable bonds is 5. The van der Waals surface area contributed by atoms with E-state index in [4.69, 9.17) is 4.74 Å². The first-order chi connectivity index (χ1) is 8.25. The highest BCUT2D eigenvalue weighted by atomic mass is 32.2. The van der Waals surface area contributed by atoms with Crippen LogP contribution in [0.25, 0.3) is 0 Å². The highest BCUT2D eigenvalue weighted by Crippen LogP contribution is 2.21. The lowest BCUT2D eigenvalue weighted by molar-refractivity contribution is 0.0596. The number of benzene rings is 1. The molecule has 1 aromatic rings. The number of imide groups is 1. The van der Waals surface area contributed by atoms with E-state index in [0.29, 0.717) is 30.2 Å². The largest absolute Gasteiger partial charge is 0.369 e. The number of hydrogen-bond donors (Lipinski definition) is 0. The van der Waals surface area contributed by atoms with E-state index >= 15 is 0 Å². The molecule has 1 aliphatic rings. The molecule has 0 aliphatic carbocycles. The van der Waals surface area contributed by atoms with Gasteiger partial charge in [0, 0.05) is 0 Å². The molecule has 0 N–H and O–H groups in total. The summed E-state index contributed by atoms with van der Waals surface area (Å²) in [5.41, 5.74) is 0.977. The van der Waals surface area contributed by atoms with Gasteiger partial charge in [-0.25, -0.2) is 0 Å². The first-order valence-corrected chi connectivity index (χ1v) is 6.67. The summed E-state index contributed by atoms with van der Waals surface area (Å²) in [7, 11) is 0. The van der Waals surface area contributed by atoms with Gasteiger partial charge in [0.2, 0.25) is 0 Å². The van der Waals surface area contributed by atoms with Gasteiger partial charge < -0.3 is 4.74 Å². The van der Waals surface area contributed by atoms with Crippen molar-refractivity contribution in [1.82, 2.24) is 4.90 Å². The van der Waals surface area contributed by atoms with E-state index in [1.54, 1.807) is 36.0 Å². The second kappa shape index (κ2) is 5.33. The Kier molecular flexibility index (Phi) is 3.81. The highest BCUT2D eigenvalue weighted by molar-refractivity contribution is 7.98. The van der Waals surface area contributed by atoms with Gasteiger partial charge in [0.05, 0.1) is 30.2 Å². The minimum Gasteiger partial charge on any atom is -0.369 e. The minimum atomic E-state index is -0.224. The molecule has 0 atom stereocenters. The van der Waals surface area contributed by atoms with E-state index in [-0.39, 0.29) is 11.8 Å². The summed E-state index contributed by atoms with van der Waals surface area (Å²) < 4.78 is 5.26. The molecule has 0 fully saturated rings. The zero-order valence-electron chi connectivity index (χ0n) is 9.51. The molecule has 0 saturated carbocycles. The summed E-state index contributed by atoms with van der Waals surface area (Å²) in [6.07, 6.45) is 1.93. The van der Waals surface area contributed by atoms with Gasteiger partial charge in [-0.1, -0.05) is 12.1 Å². The predicted molar refractivity (Wildman–Crippen MR) is 66.1 cm³/mol.